The summed E-state index contributed by atoms with van der Waals surface area (Å²) in [5.74, 6) is -0.922. The number of ether oxygens (including phenoxy) is 1. The zero-order valence-electron chi connectivity index (χ0n) is 14.0. The van der Waals surface area contributed by atoms with Crippen molar-refractivity contribution < 1.29 is 14.3 Å². The average Bonchev–Trinajstić information content (AvgIpc) is 2.45. The summed E-state index contributed by atoms with van der Waals surface area (Å²) in [6.07, 6.45) is 1.61. The summed E-state index contributed by atoms with van der Waals surface area (Å²) in [6, 6.07) is 8.32. The van der Waals surface area contributed by atoms with Crippen molar-refractivity contribution in [3.63, 3.8) is 0 Å². The van der Waals surface area contributed by atoms with Gasteiger partial charge in [-0.15, -0.1) is 0 Å². The molecule has 0 spiro atoms. The van der Waals surface area contributed by atoms with Gasteiger partial charge in [0.2, 0.25) is 0 Å². The largest absolute Gasteiger partial charge is 0.456 e. The minimum absolute atomic E-state index is 0.219. The fourth-order valence-electron chi connectivity index (χ4n) is 2.04. The van der Waals surface area contributed by atoms with Crippen LogP contribution in [0.5, 0.6) is 0 Å². The van der Waals surface area contributed by atoms with E-state index < -0.39 is 11.6 Å². The SMILES string of the molecule is Cc1cc(NC(=O)c2cc(Br)ccc2C(=O)OC(C)(C)C)ccn1. The third-order valence-corrected chi connectivity index (χ3v) is 3.49. The zero-order chi connectivity index (χ0) is 17.9. The van der Waals surface area contributed by atoms with Gasteiger partial charge >= 0.3 is 5.97 Å². The van der Waals surface area contributed by atoms with Crippen LogP contribution in [-0.4, -0.2) is 22.5 Å². The second-order valence-corrected chi connectivity index (χ2v) is 7.25. The average molecular weight is 391 g/mol. The van der Waals surface area contributed by atoms with Crippen LogP contribution in [-0.2, 0) is 4.74 Å². The van der Waals surface area contributed by atoms with Crippen LogP contribution >= 0.6 is 15.9 Å². The molecule has 6 heteroatoms. The maximum Gasteiger partial charge on any atom is 0.339 e. The Morgan fingerprint density at radius 1 is 1.12 bits per heavy atom. The van der Waals surface area contributed by atoms with Crippen LogP contribution in [0.15, 0.2) is 41.0 Å². The van der Waals surface area contributed by atoms with Crippen molar-refractivity contribution in [1.82, 2.24) is 4.98 Å². The van der Waals surface area contributed by atoms with E-state index in [2.05, 4.69) is 26.2 Å². The molecular formula is C18H19BrN2O3. The Kier molecular flexibility index (Phi) is 5.39. The molecule has 1 N–H and O–H groups in total. The Morgan fingerprint density at radius 3 is 2.46 bits per heavy atom. The van der Waals surface area contributed by atoms with E-state index >= 15 is 0 Å². The number of aryl methyl sites for hydroxylation is 1. The first-order valence-electron chi connectivity index (χ1n) is 7.42. The van der Waals surface area contributed by atoms with E-state index in [0.29, 0.717) is 10.2 Å². The maximum atomic E-state index is 12.6. The van der Waals surface area contributed by atoms with Crippen LogP contribution in [0.4, 0.5) is 5.69 Å². The van der Waals surface area contributed by atoms with E-state index in [1.54, 1.807) is 57.3 Å². The lowest BCUT2D eigenvalue weighted by molar-refractivity contribution is 0.00678. The topological polar surface area (TPSA) is 68.3 Å². The molecule has 0 unspecified atom stereocenters. The van der Waals surface area contributed by atoms with Gasteiger partial charge in [0.15, 0.2) is 0 Å². The van der Waals surface area contributed by atoms with E-state index in [1.807, 2.05) is 6.92 Å². The lowest BCUT2D eigenvalue weighted by Crippen LogP contribution is -2.26. The van der Waals surface area contributed by atoms with Crippen molar-refractivity contribution in [1.29, 1.82) is 0 Å². The van der Waals surface area contributed by atoms with Crippen molar-refractivity contribution in [3.05, 3.63) is 57.8 Å². The Morgan fingerprint density at radius 2 is 1.83 bits per heavy atom. The number of carbonyl (C=O) groups excluding carboxylic acids is 2. The molecule has 0 saturated carbocycles. The van der Waals surface area contributed by atoms with Crippen LogP contribution in [0.1, 0.15) is 47.2 Å². The van der Waals surface area contributed by atoms with Gasteiger partial charge in [-0.3, -0.25) is 9.78 Å². The highest BCUT2D eigenvalue weighted by atomic mass is 79.9. The predicted molar refractivity (Wildman–Crippen MR) is 96.2 cm³/mol. The quantitative estimate of drug-likeness (QED) is 0.790. The highest BCUT2D eigenvalue weighted by molar-refractivity contribution is 9.10. The summed E-state index contributed by atoms with van der Waals surface area (Å²) >= 11 is 3.33. The third-order valence-electron chi connectivity index (χ3n) is 3.00. The van der Waals surface area contributed by atoms with E-state index in [4.69, 9.17) is 4.74 Å². The first-order valence-corrected chi connectivity index (χ1v) is 8.22. The summed E-state index contributed by atoms with van der Waals surface area (Å²) in [7, 11) is 0. The number of hydrogen-bond acceptors (Lipinski definition) is 4. The molecule has 2 rings (SSSR count). The molecule has 0 bridgehead atoms. The number of aromatic nitrogens is 1. The molecule has 0 radical (unpaired) electrons. The summed E-state index contributed by atoms with van der Waals surface area (Å²) in [6.45, 7) is 7.18. The molecular weight excluding hydrogens is 372 g/mol. The first-order chi connectivity index (χ1) is 11.2. The number of hydrogen-bond donors (Lipinski definition) is 1. The first kappa shape index (κ1) is 18.1. The molecule has 0 atom stereocenters. The van der Waals surface area contributed by atoms with Crippen molar-refractivity contribution in [2.75, 3.05) is 5.32 Å². The predicted octanol–water partition coefficient (Wildman–Crippen LogP) is 4.36. The summed E-state index contributed by atoms with van der Waals surface area (Å²) in [5, 5.41) is 2.78. The van der Waals surface area contributed by atoms with Crippen LogP contribution in [0.2, 0.25) is 0 Å². The van der Waals surface area contributed by atoms with Crippen molar-refractivity contribution in [3.8, 4) is 0 Å². The van der Waals surface area contributed by atoms with Gasteiger partial charge in [0, 0.05) is 22.1 Å². The van der Waals surface area contributed by atoms with Gasteiger partial charge < -0.3 is 10.1 Å². The molecule has 1 amide bonds. The van der Waals surface area contributed by atoms with Gasteiger partial charge in [0.25, 0.3) is 5.91 Å². The highest BCUT2D eigenvalue weighted by Gasteiger charge is 2.23. The summed E-state index contributed by atoms with van der Waals surface area (Å²) < 4.78 is 6.08. The second kappa shape index (κ2) is 7.13. The van der Waals surface area contributed by atoms with Crippen molar-refractivity contribution in [2.45, 2.75) is 33.3 Å². The Bertz CT molecular complexity index is 782. The number of halogens is 1. The second-order valence-electron chi connectivity index (χ2n) is 6.33. The standard InChI is InChI=1S/C18H19BrN2O3/c1-11-9-13(7-8-20-11)21-16(22)15-10-12(19)5-6-14(15)17(23)24-18(2,3)4/h5-10H,1-4H3,(H,20,21,22). The molecule has 1 aromatic carbocycles. The molecule has 2 aromatic rings. The van der Waals surface area contributed by atoms with Crippen LogP contribution in [0, 0.1) is 6.92 Å². The monoisotopic (exact) mass is 390 g/mol. The molecule has 126 valence electrons. The van der Waals surface area contributed by atoms with Gasteiger partial charge in [-0.25, -0.2) is 4.79 Å². The van der Waals surface area contributed by atoms with Gasteiger partial charge in [-0.1, -0.05) is 15.9 Å². The number of nitrogens with one attached hydrogen (secondary N) is 1. The van der Waals surface area contributed by atoms with Gasteiger partial charge in [0.1, 0.15) is 5.60 Å². The Balaban J connectivity index is 2.33. The molecule has 1 aromatic heterocycles. The number of esters is 1. The summed E-state index contributed by atoms with van der Waals surface area (Å²) in [4.78, 5) is 29.1. The van der Waals surface area contributed by atoms with E-state index in [1.165, 1.54) is 0 Å². The van der Waals surface area contributed by atoms with Gasteiger partial charge in [-0.05, 0) is 58.0 Å². The van der Waals surface area contributed by atoms with E-state index in [9.17, 15) is 9.59 Å². The number of benzene rings is 1. The number of amides is 1. The number of pyridine rings is 1. The number of rotatable bonds is 3. The fourth-order valence-corrected chi connectivity index (χ4v) is 2.40. The lowest BCUT2D eigenvalue weighted by atomic mass is 10.1. The summed E-state index contributed by atoms with van der Waals surface area (Å²) in [5.41, 5.74) is 1.22. The maximum absolute atomic E-state index is 12.6. The smallest absolute Gasteiger partial charge is 0.339 e. The van der Waals surface area contributed by atoms with E-state index in [-0.39, 0.29) is 17.0 Å². The van der Waals surface area contributed by atoms with Gasteiger partial charge in [-0.2, -0.15) is 0 Å². The molecule has 0 aliphatic rings. The molecule has 0 aliphatic heterocycles. The molecule has 0 saturated heterocycles. The third kappa shape index (κ3) is 4.89. The Labute approximate surface area is 149 Å². The molecule has 0 fully saturated rings. The number of nitrogens with zero attached hydrogens (tertiary/aromatic N) is 1. The molecule has 1 heterocycles. The minimum Gasteiger partial charge on any atom is -0.456 e. The lowest BCUT2D eigenvalue weighted by Gasteiger charge is -2.20. The Hall–Kier alpha value is -2.21. The van der Waals surface area contributed by atoms with Crippen LogP contribution < -0.4 is 5.32 Å². The molecule has 24 heavy (non-hydrogen) atoms. The molecule has 5 nitrogen and oxygen atoms in total. The van der Waals surface area contributed by atoms with Crippen LogP contribution in [0.3, 0.4) is 0 Å². The normalized spacial score (nSPS) is 11.0. The number of anilines is 1. The minimum atomic E-state index is -0.639. The van der Waals surface area contributed by atoms with Crippen molar-refractivity contribution >= 4 is 33.5 Å². The number of carbonyl (C=O) groups is 2. The van der Waals surface area contributed by atoms with E-state index in [0.717, 1.165) is 5.69 Å². The zero-order valence-corrected chi connectivity index (χ0v) is 15.6. The van der Waals surface area contributed by atoms with Crippen LogP contribution in [0.25, 0.3) is 0 Å². The van der Waals surface area contributed by atoms with Gasteiger partial charge in [0.05, 0.1) is 11.1 Å². The molecule has 0 aliphatic carbocycles. The fraction of sp³-hybridized carbons (Fsp3) is 0.278. The highest BCUT2D eigenvalue weighted by Crippen LogP contribution is 2.21. The van der Waals surface area contributed by atoms with Crippen molar-refractivity contribution in [2.24, 2.45) is 0 Å².